The first-order valence-corrected chi connectivity index (χ1v) is 13.2. The molecule has 5 rings (SSSR count). The molecule has 0 aliphatic carbocycles. The van der Waals surface area contributed by atoms with Crippen molar-refractivity contribution >= 4 is 11.8 Å². The summed E-state index contributed by atoms with van der Waals surface area (Å²) in [6.45, 7) is 1.99. The Hall–Kier alpha value is -4.58. The van der Waals surface area contributed by atoms with E-state index >= 15 is 0 Å². The maximum atomic E-state index is 13.6. The lowest BCUT2D eigenvalue weighted by atomic mass is 10.1. The van der Waals surface area contributed by atoms with Gasteiger partial charge in [0, 0.05) is 38.2 Å². The molecule has 198 valence electrons. The third-order valence-electron chi connectivity index (χ3n) is 6.80. The summed E-state index contributed by atoms with van der Waals surface area (Å²) in [4.78, 5) is 30.9. The van der Waals surface area contributed by atoms with Gasteiger partial charge in [-0.15, -0.1) is 0 Å². The molecule has 0 aromatic heterocycles. The molecule has 0 N–H and O–H groups in total. The summed E-state index contributed by atoms with van der Waals surface area (Å²) in [6.07, 6.45) is 0.994. The van der Waals surface area contributed by atoms with E-state index in [1.807, 2.05) is 83.8 Å². The van der Waals surface area contributed by atoms with Gasteiger partial charge in [0.2, 0.25) is 12.7 Å². The van der Waals surface area contributed by atoms with E-state index in [-0.39, 0.29) is 25.0 Å². The van der Waals surface area contributed by atoms with Gasteiger partial charge in [0.15, 0.2) is 11.5 Å². The van der Waals surface area contributed by atoms with E-state index in [1.54, 1.807) is 23.1 Å². The van der Waals surface area contributed by atoms with Crippen LogP contribution in [0, 0.1) is 0 Å². The van der Waals surface area contributed by atoms with E-state index in [0.717, 1.165) is 17.5 Å². The van der Waals surface area contributed by atoms with Crippen LogP contribution in [0.5, 0.6) is 11.5 Å². The van der Waals surface area contributed by atoms with Crippen LogP contribution in [-0.4, -0.2) is 41.5 Å². The standard InChI is InChI=1S/C33H32N2O4/c36-32(34(23-27-12-6-2-7-13-27)20-18-26-10-4-1-5-11-26)19-21-35(24-28-14-8-3-9-15-28)33(37)29-16-17-30-31(22-29)39-25-38-30/h1-17,22H,18-21,23-25H2. The summed E-state index contributed by atoms with van der Waals surface area (Å²) in [6, 6.07) is 35.3. The van der Waals surface area contributed by atoms with Crippen molar-refractivity contribution in [2.75, 3.05) is 19.9 Å². The number of ether oxygens (including phenoxy) is 2. The van der Waals surface area contributed by atoms with Crippen LogP contribution < -0.4 is 9.47 Å². The average Bonchev–Trinajstić information content (AvgIpc) is 3.46. The molecular formula is C33H32N2O4. The van der Waals surface area contributed by atoms with Gasteiger partial charge < -0.3 is 19.3 Å². The highest BCUT2D eigenvalue weighted by atomic mass is 16.7. The number of fused-ring (bicyclic) bond motifs is 1. The zero-order valence-electron chi connectivity index (χ0n) is 21.9. The smallest absolute Gasteiger partial charge is 0.254 e. The number of carbonyl (C=O) groups is 2. The zero-order chi connectivity index (χ0) is 26.9. The molecule has 6 heteroatoms. The molecule has 0 fully saturated rings. The van der Waals surface area contributed by atoms with Gasteiger partial charge >= 0.3 is 0 Å². The Bertz CT molecular complexity index is 1380. The third kappa shape index (κ3) is 7.05. The molecule has 4 aromatic carbocycles. The summed E-state index contributed by atoms with van der Waals surface area (Å²) in [5.41, 5.74) is 3.78. The molecule has 0 saturated carbocycles. The normalized spacial score (nSPS) is 11.7. The Kier molecular flexibility index (Phi) is 8.54. The first kappa shape index (κ1) is 26.0. The lowest BCUT2D eigenvalue weighted by Gasteiger charge is -2.27. The van der Waals surface area contributed by atoms with Crippen LogP contribution in [0.15, 0.2) is 109 Å². The Labute approximate surface area is 229 Å². The quantitative estimate of drug-likeness (QED) is 0.254. The minimum atomic E-state index is -0.149. The van der Waals surface area contributed by atoms with Crippen LogP contribution in [-0.2, 0) is 24.3 Å². The maximum Gasteiger partial charge on any atom is 0.254 e. The number of carbonyl (C=O) groups excluding carboxylic acids is 2. The highest BCUT2D eigenvalue weighted by Crippen LogP contribution is 2.33. The number of hydrogen-bond acceptors (Lipinski definition) is 4. The van der Waals surface area contributed by atoms with Gasteiger partial charge in [-0.3, -0.25) is 9.59 Å². The molecule has 1 aliphatic heterocycles. The highest BCUT2D eigenvalue weighted by molar-refractivity contribution is 5.95. The second-order valence-electron chi connectivity index (χ2n) is 9.57. The zero-order valence-corrected chi connectivity index (χ0v) is 21.9. The predicted octanol–water partition coefficient (Wildman–Crippen LogP) is 5.72. The third-order valence-corrected chi connectivity index (χ3v) is 6.80. The van der Waals surface area contributed by atoms with E-state index < -0.39 is 0 Å². The molecule has 0 radical (unpaired) electrons. The van der Waals surface area contributed by atoms with Gasteiger partial charge in [-0.2, -0.15) is 0 Å². The molecule has 1 aliphatic rings. The largest absolute Gasteiger partial charge is 0.454 e. The monoisotopic (exact) mass is 520 g/mol. The fourth-order valence-electron chi connectivity index (χ4n) is 4.66. The van der Waals surface area contributed by atoms with Crippen LogP contribution in [0.25, 0.3) is 0 Å². The molecule has 0 bridgehead atoms. The van der Waals surface area contributed by atoms with Crippen molar-refractivity contribution in [3.05, 3.63) is 131 Å². The van der Waals surface area contributed by atoms with Crippen molar-refractivity contribution in [1.29, 1.82) is 0 Å². The Morgan fingerprint density at radius 1 is 0.615 bits per heavy atom. The molecule has 4 aromatic rings. The van der Waals surface area contributed by atoms with E-state index in [4.69, 9.17) is 9.47 Å². The van der Waals surface area contributed by atoms with Gasteiger partial charge in [0.25, 0.3) is 5.91 Å². The number of hydrogen-bond donors (Lipinski definition) is 0. The lowest BCUT2D eigenvalue weighted by molar-refractivity contribution is -0.132. The van der Waals surface area contributed by atoms with Crippen molar-refractivity contribution in [2.45, 2.75) is 25.9 Å². The van der Waals surface area contributed by atoms with E-state index in [2.05, 4.69) is 12.1 Å². The van der Waals surface area contributed by atoms with Crippen molar-refractivity contribution < 1.29 is 19.1 Å². The number of benzene rings is 4. The molecule has 1 heterocycles. The van der Waals surface area contributed by atoms with Gasteiger partial charge in [-0.25, -0.2) is 0 Å². The fraction of sp³-hybridized carbons (Fsp3) is 0.212. The van der Waals surface area contributed by atoms with Crippen molar-refractivity contribution in [1.82, 2.24) is 9.80 Å². The number of nitrogens with zero attached hydrogens (tertiary/aromatic N) is 2. The number of amides is 2. The summed E-state index contributed by atoms with van der Waals surface area (Å²) in [5, 5.41) is 0. The van der Waals surface area contributed by atoms with Gasteiger partial charge in [0.05, 0.1) is 0 Å². The van der Waals surface area contributed by atoms with Gasteiger partial charge in [0.1, 0.15) is 0 Å². The molecule has 0 atom stereocenters. The Morgan fingerprint density at radius 3 is 1.82 bits per heavy atom. The average molecular weight is 521 g/mol. The van der Waals surface area contributed by atoms with Crippen LogP contribution >= 0.6 is 0 Å². The second kappa shape index (κ2) is 12.8. The van der Waals surface area contributed by atoms with Gasteiger partial charge in [-0.1, -0.05) is 91.0 Å². The summed E-state index contributed by atoms with van der Waals surface area (Å²) in [7, 11) is 0. The van der Waals surface area contributed by atoms with Gasteiger partial charge in [-0.05, 0) is 41.3 Å². The van der Waals surface area contributed by atoms with Crippen molar-refractivity contribution in [3.63, 3.8) is 0 Å². The minimum absolute atomic E-state index is 0.0198. The fourth-order valence-corrected chi connectivity index (χ4v) is 4.66. The predicted molar refractivity (Wildman–Crippen MR) is 150 cm³/mol. The second-order valence-corrected chi connectivity index (χ2v) is 9.57. The Morgan fingerprint density at radius 2 is 1.18 bits per heavy atom. The van der Waals surface area contributed by atoms with Crippen LogP contribution in [0.3, 0.4) is 0 Å². The van der Waals surface area contributed by atoms with Crippen molar-refractivity contribution in [2.24, 2.45) is 0 Å². The molecular weight excluding hydrogens is 488 g/mol. The summed E-state index contributed by atoms with van der Waals surface area (Å²) in [5.74, 6) is 1.06. The summed E-state index contributed by atoms with van der Waals surface area (Å²) < 4.78 is 10.9. The topological polar surface area (TPSA) is 59.1 Å². The minimum Gasteiger partial charge on any atom is -0.454 e. The van der Waals surface area contributed by atoms with Crippen LogP contribution in [0.2, 0.25) is 0 Å². The van der Waals surface area contributed by atoms with E-state index in [1.165, 1.54) is 5.56 Å². The number of rotatable bonds is 11. The first-order chi connectivity index (χ1) is 19.2. The molecule has 2 amide bonds. The van der Waals surface area contributed by atoms with Crippen LogP contribution in [0.4, 0.5) is 0 Å². The molecule has 0 spiro atoms. The summed E-state index contributed by atoms with van der Waals surface area (Å²) >= 11 is 0. The first-order valence-electron chi connectivity index (χ1n) is 13.2. The van der Waals surface area contributed by atoms with E-state index in [9.17, 15) is 9.59 Å². The molecule has 6 nitrogen and oxygen atoms in total. The van der Waals surface area contributed by atoms with E-state index in [0.29, 0.717) is 43.2 Å². The Balaban J connectivity index is 1.31. The lowest BCUT2D eigenvalue weighted by Crippen LogP contribution is -2.37. The highest BCUT2D eigenvalue weighted by Gasteiger charge is 2.23. The molecule has 39 heavy (non-hydrogen) atoms. The van der Waals surface area contributed by atoms with Crippen molar-refractivity contribution in [3.8, 4) is 11.5 Å². The molecule has 0 unspecified atom stereocenters. The maximum absolute atomic E-state index is 13.6. The van der Waals surface area contributed by atoms with Crippen LogP contribution in [0.1, 0.15) is 33.5 Å². The SMILES string of the molecule is O=C(CCN(Cc1ccccc1)C(=O)c1ccc2c(c1)OCO2)N(CCc1ccccc1)Cc1ccccc1. The molecule has 0 saturated heterocycles.